The minimum Gasteiger partial charge on any atom is -0.493 e. The first kappa shape index (κ1) is 19.2. The number of benzene rings is 1. The maximum Gasteiger partial charge on any atom is 0.241 e. The third-order valence-electron chi connectivity index (χ3n) is 3.50. The molecule has 9 nitrogen and oxygen atoms in total. The van der Waals surface area contributed by atoms with Crippen LogP contribution in [-0.2, 0) is 22.7 Å². The molecule has 26 heavy (non-hydrogen) atoms. The molecule has 0 aliphatic heterocycles. The van der Waals surface area contributed by atoms with Crippen LogP contribution in [-0.4, -0.2) is 59.5 Å². The molecule has 2 amide bonds. The number of nitrogens with one attached hydrogen (secondary N) is 1. The molecule has 1 heterocycles. The number of ether oxygens (including phenoxy) is 2. The Morgan fingerprint density at radius 3 is 2.65 bits per heavy atom. The maximum absolute atomic E-state index is 11.9. The molecule has 1 aromatic heterocycles. The number of carbonyl (C=O) groups is 2. The topological polar surface area (TPSA) is 98.6 Å². The summed E-state index contributed by atoms with van der Waals surface area (Å²) in [5.41, 5.74) is 0.589. The predicted octanol–water partition coefficient (Wildman–Crippen LogP) is 0.460. The van der Waals surface area contributed by atoms with Crippen molar-refractivity contribution in [1.29, 1.82) is 0 Å². The summed E-state index contributed by atoms with van der Waals surface area (Å²) in [5, 5.41) is 10.6. The van der Waals surface area contributed by atoms with Crippen molar-refractivity contribution >= 4 is 11.8 Å². The number of amides is 2. The van der Waals surface area contributed by atoms with Gasteiger partial charge in [-0.2, -0.15) is 0 Å². The lowest BCUT2D eigenvalue weighted by atomic mass is 10.3. The Kier molecular flexibility index (Phi) is 6.95. The molecule has 0 fully saturated rings. The zero-order valence-electron chi connectivity index (χ0n) is 15.1. The zero-order valence-corrected chi connectivity index (χ0v) is 15.1. The van der Waals surface area contributed by atoms with Gasteiger partial charge in [0, 0.05) is 27.1 Å². The van der Waals surface area contributed by atoms with Gasteiger partial charge in [-0.3, -0.25) is 9.59 Å². The summed E-state index contributed by atoms with van der Waals surface area (Å²) >= 11 is 0. The Morgan fingerprint density at radius 2 is 1.96 bits per heavy atom. The smallest absolute Gasteiger partial charge is 0.241 e. The van der Waals surface area contributed by atoms with Gasteiger partial charge in [0.1, 0.15) is 18.8 Å². The second-order valence-corrected chi connectivity index (χ2v) is 5.74. The molecule has 140 valence electrons. The van der Waals surface area contributed by atoms with Crippen LogP contribution < -0.4 is 14.8 Å². The lowest BCUT2D eigenvalue weighted by Gasteiger charge is -2.10. The largest absolute Gasteiger partial charge is 0.493 e. The van der Waals surface area contributed by atoms with Crippen LogP contribution >= 0.6 is 0 Å². The van der Waals surface area contributed by atoms with E-state index in [1.807, 2.05) is 12.1 Å². The fourth-order valence-electron chi connectivity index (χ4n) is 2.11. The molecule has 0 aliphatic rings. The van der Waals surface area contributed by atoms with Crippen LogP contribution in [0.3, 0.4) is 0 Å². The maximum atomic E-state index is 11.9. The summed E-state index contributed by atoms with van der Waals surface area (Å²) in [4.78, 5) is 24.8. The second kappa shape index (κ2) is 9.40. The van der Waals surface area contributed by atoms with Gasteiger partial charge < -0.3 is 19.7 Å². The van der Waals surface area contributed by atoms with E-state index >= 15 is 0 Å². The summed E-state index contributed by atoms with van der Waals surface area (Å²) in [6.45, 7) is 0.519. The van der Waals surface area contributed by atoms with E-state index in [0.717, 1.165) is 0 Å². The Bertz CT molecular complexity index is 744. The lowest BCUT2D eigenvalue weighted by Crippen LogP contribution is -2.32. The van der Waals surface area contributed by atoms with E-state index in [0.29, 0.717) is 17.2 Å². The lowest BCUT2D eigenvalue weighted by molar-refractivity contribution is -0.128. The van der Waals surface area contributed by atoms with Crippen molar-refractivity contribution in [1.82, 2.24) is 25.2 Å². The highest BCUT2D eigenvalue weighted by Gasteiger charge is 2.09. The fourth-order valence-corrected chi connectivity index (χ4v) is 2.11. The summed E-state index contributed by atoms with van der Waals surface area (Å²) in [5.74, 6) is 0.958. The van der Waals surface area contributed by atoms with Crippen molar-refractivity contribution in [2.45, 2.75) is 19.6 Å². The van der Waals surface area contributed by atoms with Crippen molar-refractivity contribution in [3.63, 3.8) is 0 Å². The molecule has 0 bridgehead atoms. The number of hydrogen-bond acceptors (Lipinski definition) is 6. The Balaban J connectivity index is 1.78. The van der Waals surface area contributed by atoms with E-state index in [2.05, 4.69) is 15.6 Å². The third kappa shape index (κ3) is 5.76. The van der Waals surface area contributed by atoms with Crippen LogP contribution in [0.5, 0.6) is 11.5 Å². The van der Waals surface area contributed by atoms with E-state index in [4.69, 9.17) is 9.47 Å². The highest BCUT2D eigenvalue weighted by molar-refractivity contribution is 5.78. The van der Waals surface area contributed by atoms with Crippen LogP contribution in [0, 0.1) is 0 Å². The van der Waals surface area contributed by atoms with Crippen molar-refractivity contribution < 1.29 is 19.1 Å². The first-order valence-electron chi connectivity index (χ1n) is 8.11. The first-order valence-corrected chi connectivity index (χ1v) is 8.11. The summed E-state index contributed by atoms with van der Waals surface area (Å²) in [7, 11) is 4.92. The Hall–Kier alpha value is -3.10. The van der Waals surface area contributed by atoms with Crippen molar-refractivity contribution in [3.05, 3.63) is 36.2 Å². The molecule has 0 spiro atoms. The third-order valence-corrected chi connectivity index (χ3v) is 3.50. The van der Waals surface area contributed by atoms with Gasteiger partial charge in [0.2, 0.25) is 11.8 Å². The molecule has 2 rings (SSSR count). The van der Waals surface area contributed by atoms with Crippen LogP contribution in [0.15, 0.2) is 30.5 Å². The average molecular weight is 361 g/mol. The van der Waals surface area contributed by atoms with Crippen LogP contribution in [0.1, 0.15) is 12.1 Å². The normalized spacial score (nSPS) is 10.3. The highest BCUT2D eigenvalue weighted by Crippen LogP contribution is 2.26. The molecule has 0 saturated carbocycles. The Labute approximate surface area is 151 Å². The molecule has 1 N–H and O–H groups in total. The van der Waals surface area contributed by atoms with Crippen molar-refractivity contribution in [2.75, 3.05) is 27.7 Å². The standard InChI is InChI=1S/C17H23N5O4/c1-21(2)17(24)8-9-18-16(23)11-22-10-13(19-20-22)12-26-15-7-5-4-6-14(15)25-3/h4-7,10H,8-9,11-12H2,1-3H3,(H,18,23). The molecule has 2 aromatic rings. The van der Waals surface area contributed by atoms with E-state index in [9.17, 15) is 9.59 Å². The van der Waals surface area contributed by atoms with E-state index in [1.165, 1.54) is 9.58 Å². The highest BCUT2D eigenvalue weighted by atomic mass is 16.5. The van der Waals surface area contributed by atoms with E-state index in [-0.39, 0.29) is 37.9 Å². The van der Waals surface area contributed by atoms with Gasteiger partial charge in [-0.25, -0.2) is 4.68 Å². The number of methoxy groups -OCH3 is 1. The molecular weight excluding hydrogens is 338 g/mol. The molecule has 0 aliphatic carbocycles. The van der Waals surface area contributed by atoms with Crippen molar-refractivity contribution in [3.8, 4) is 11.5 Å². The van der Waals surface area contributed by atoms with Crippen LogP contribution in [0.4, 0.5) is 0 Å². The molecular formula is C17H23N5O4. The SMILES string of the molecule is COc1ccccc1OCc1cn(CC(=O)NCCC(=O)N(C)C)nn1. The number of carbonyl (C=O) groups excluding carboxylic acids is 2. The molecule has 1 aromatic carbocycles. The quantitative estimate of drug-likeness (QED) is 0.697. The van der Waals surface area contributed by atoms with Gasteiger partial charge in [0.15, 0.2) is 11.5 Å². The monoisotopic (exact) mass is 361 g/mol. The fraction of sp³-hybridized carbons (Fsp3) is 0.412. The Morgan fingerprint density at radius 1 is 1.23 bits per heavy atom. The van der Waals surface area contributed by atoms with E-state index in [1.54, 1.807) is 39.5 Å². The summed E-state index contributed by atoms with van der Waals surface area (Å²) in [6.07, 6.45) is 1.90. The molecule has 0 atom stereocenters. The van der Waals surface area contributed by atoms with Crippen molar-refractivity contribution in [2.24, 2.45) is 0 Å². The number of aromatic nitrogens is 3. The average Bonchev–Trinajstić information content (AvgIpc) is 3.07. The van der Waals surface area contributed by atoms with Crippen LogP contribution in [0.25, 0.3) is 0 Å². The molecule has 0 unspecified atom stereocenters. The van der Waals surface area contributed by atoms with E-state index < -0.39 is 0 Å². The first-order chi connectivity index (χ1) is 12.5. The molecule has 0 saturated heterocycles. The number of nitrogens with zero attached hydrogens (tertiary/aromatic N) is 4. The summed E-state index contributed by atoms with van der Waals surface area (Å²) < 4.78 is 12.3. The summed E-state index contributed by atoms with van der Waals surface area (Å²) in [6, 6.07) is 7.30. The number of para-hydroxylation sites is 2. The van der Waals surface area contributed by atoms with Gasteiger partial charge in [-0.15, -0.1) is 5.10 Å². The predicted molar refractivity (Wildman–Crippen MR) is 93.7 cm³/mol. The minimum absolute atomic E-state index is 0.0256. The molecule has 9 heteroatoms. The van der Waals surface area contributed by atoms with Gasteiger partial charge in [0.25, 0.3) is 0 Å². The minimum atomic E-state index is -0.237. The molecule has 0 radical (unpaired) electrons. The number of rotatable bonds is 9. The van der Waals surface area contributed by atoms with Gasteiger partial charge in [-0.05, 0) is 12.1 Å². The van der Waals surface area contributed by atoms with Gasteiger partial charge in [0.05, 0.1) is 13.3 Å². The van der Waals surface area contributed by atoms with Crippen LogP contribution in [0.2, 0.25) is 0 Å². The van der Waals surface area contributed by atoms with Gasteiger partial charge >= 0.3 is 0 Å². The second-order valence-electron chi connectivity index (χ2n) is 5.74. The zero-order chi connectivity index (χ0) is 18.9. The van der Waals surface area contributed by atoms with Gasteiger partial charge in [-0.1, -0.05) is 17.3 Å². The number of hydrogen-bond donors (Lipinski definition) is 1.